The minimum Gasteiger partial charge on any atom is -0.340 e. The molecule has 0 unspecified atom stereocenters. The zero-order valence-electron chi connectivity index (χ0n) is 12.7. The number of amides is 1. The van der Waals surface area contributed by atoms with Gasteiger partial charge in [0.2, 0.25) is 5.91 Å². The van der Waals surface area contributed by atoms with Crippen molar-refractivity contribution in [1.29, 1.82) is 0 Å². The van der Waals surface area contributed by atoms with E-state index in [-0.39, 0.29) is 12.5 Å². The first-order valence-corrected chi connectivity index (χ1v) is 7.11. The Morgan fingerprint density at radius 3 is 2.36 bits per heavy atom. The van der Waals surface area contributed by atoms with Gasteiger partial charge in [0.05, 0.1) is 0 Å². The second-order valence-electron chi connectivity index (χ2n) is 5.16. The summed E-state index contributed by atoms with van der Waals surface area (Å²) in [5, 5.41) is 0. The second kappa shape index (κ2) is 6.89. The first kappa shape index (κ1) is 15.8. The van der Waals surface area contributed by atoms with Crippen LogP contribution in [0.4, 0.5) is 0 Å². The maximum atomic E-state index is 12.2. The van der Waals surface area contributed by atoms with Crippen molar-refractivity contribution >= 4 is 5.91 Å². The average molecular weight is 301 g/mol. The summed E-state index contributed by atoms with van der Waals surface area (Å²) < 4.78 is 1.18. The third kappa shape index (κ3) is 3.94. The van der Waals surface area contributed by atoms with E-state index in [0.717, 1.165) is 12.0 Å². The molecule has 22 heavy (non-hydrogen) atoms. The number of likely N-dealkylation sites (N-methyl/N-ethyl adjacent to an activating group) is 1. The molecule has 1 amide bonds. The minimum absolute atomic E-state index is 0.0981. The van der Waals surface area contributed by atoms with Crippen molar-refractivity contribution in [3.05, 3.63) is 68.5 Å². The van der Waals surface area contributed by atoms with Gasteiger partial charge in [0.1, 0.15) is 6.54 Å². The number of rotatable bonds is 5. The lowest BCUT2D eigenvalue weighted by molar-refractivity contribution is -0.131. The molecule has 2 rings (SSSR count). The Hall–Kier alpha value is -2.63. The number of aryl methyl sites for hydroxylation is 1. The monoisotopic (exact) mass is 301 g/mol. The maximum absolute atomic E-state index is 12.2. The maximum Gasteiger partial charge on any atom is 0.328 e. The first-order chi connectivity index (χ1) is 10.5. The summed E-state index contributed by atoms with van der Waals surface area (Å²) in [6.45, 7) is 2.46. The van der Waals surface area contributed by atoms with Crippen LogP contribution in [-0.2, 0) is 24.3 Å². The van der Waals surface area contributed by atoms with Crippen LogP contribution < -0.4 is 11.2 Å². The van der Waals surface area contributed by atoms with E-state index < -0.39 is 11.2 Å². The van der Waals surface area contributed by atoms with E-state index in [0.29, 0.717) is 6.54 Å². The number of carbonyl (C=O) groups excluding carboxylic acids is 1. The molecule has 6 nitrogen and oxygen atoms in total. The lowest BCUT2D eigenvalue weighted by Gasteiger charge is -2.18. The number of benzene rings is 1. The van der Waals surface area contributed by atoms with Crippen molar-refractivity contribution in [3.63, 3.8) is 0 Å². The fourth-order valence-corrected chi connectivity index (χ4v) is 2.08. The Labute approximate surface area is 128 Å². The molecule has 0 spiro atoms. The molecule has 6 heteroatoms. The first-order valence-electron chi connectivity index (χ1n) is 7.11. The number of nitrogens with one attached hydrogen (secondary N) is 1. The Morgan fingerprint density at radius 2 is 1.77 bits per heavy atom. The molecule has 0 atom stereocenters. The van der Waals surface area contributed by atoms with Crippen molar-refractivity contribution in [2.24, 2.45) is 0 Å². The summed E-state index contributed by atoms with van der Waals surface area (Å²) in [4.78, 5) is 38.4. The summed E-state index contributed by atoms with van der Waals surface area (Å²) in [6, 6.07) is 9.29. The number of aromatic nitrogens is 2. The summed E-state index contributed by atoms with van der Waals surface area (Å²) in [7, 11) is 1.69. The molecule has 0 aliphatic rings. The summed E-state index contributed by atoms with van der Waals surface area (Å²) >= 11 is 0. The quantitative estimate of drug-likeness (QED) is 0.886. The van der Waals surface area contributed by atoms with Crippen LogP contribution in [0.2, 0.25) is 0 Å². The van der Waals surface area contributed by atoms with Crippen LogP contribution in [0.3, 0.4) is 0 Å². The molecule has 0 aliphatic heterocycles. The number of H-pyrrole nitrogens is 1. The summed E-state index contributed by atoms with van der Waals surface area (Å²) in [5.74, 6) is -0.200. The topological polar surface area (TPSA) is 75.2 Å². The van der Waals surface area contributed by atoms with Gasteiger partial charge in [-0.15, -0.1) is 0 Å². The number of hydrogen-bond acceptors (Lipinski definition) is 3. The van der Waals surface area contributed by atoms with Gasteiger partial charge in [-0.25, -0.2) is 4.79 Å². The van der Waals surface area contributed by atoms with Gasteiger partial charge in [0, 0.05) is 25.9 Å². The minimum atomic E-state index is -0.582. The molecule has 1 aromatic heterocycles. The molecule has 1 aromatic carbocycles. The van der Waals surface area contributed by atoms with Crippen LogP contribution in [0.1, 0.15) is 18.1 Å². The third-order valence-corrected chi connectivity index (χ3v) is 3.48. The highest BCUT2D eigenvalue weighted by molar-refractivity contribution is 5.75. The fourth-order valence-electron chi connectivity index (χ4n) is 2.08. The molecule has 0 radical (unpaired) electrons. The van der Waals surface area contributed by atoms with Crippen molar-refractivity contribution in [2.45, 2.75) is 26.4 Å². The van der Waals surface area contributed by atoms with E-state index in [1.807, 2.05) is 24.3 Å². The lowest BCUT2D eigenvalue weighted by Crippen LogP contribution is -2.36. The SMILES string of the molecule is CCc1ccc(CN(C)C(=O)Cn2ccc(=O)[nH]c2=O)cc1. The van der Waals surface area contributed by atoms with Gasteiger partial charge in [0.25, 0.3) is 5.56 Å². The number of aromatic amines is 1. The van der Waals surface area contributed by atoms with Crippen molar-refractivity contribution in [2.75, 3.05) is 7.05 Å². The Kier molecular flexibility index (Phi) is 4.93. The van der Waals surface area contributed by atoms with E-state index in [1.165, 1.54) is 22.4 Å². The van der Waals surface area contributed by atoms with Crippen LogP contribution >= 0.6 is 0 Å². The molecule has 0 aliphatic carbocycles. The van der Waals surface area contributed by atoms with Crippen LogP contribution in [-0.4, -0.2) is 27.4 Å². The fraction of sp³-hybridized carbons (Fsp3) is 0.312. The Morgan fingerprint density at radius 1 is 1.14 bits per heavy atom. The highest BCUT2D eigenvalue weighted by Crippen LogP contribution is 2.07. The van der Waals surface area contributed by atoms with E-state index in [1.54, 1.807) is 11.9 Å². The molecule has 1 heterocycles. The summed E-state index contributed by atoms with van der Waals surface area (Å²) in [6.07, 6.45) is 2.30. The zero-order valence-corrected chi connectivity index (χ0v) is 12.7. The van der Waals surface area contributed by atoms with Crippen molar-refractivity contribution in [3.8, 4) is 0 Å². The molecular weight excluding hydrogens is 282 g/mol. The third-order valence-electron chi connectivity index (χ3n) is 3.48. The summed E-state index contributed by atoms with van der Waals surface area (Å²) in [5.41, 5.74) is 1.22. The van der Waals surface area contributed by atoms with Crippen LogP contribution in [0.25, 0.3) is 0 Å². The molecule has 0 bridgehead atoms. The van der Waals surface area contributed by atoms with Gasteiger partial charge in [-0.3, -0.25) is 19.1 Å². The highest BCUT2D eigenvalue weighted by Gasteiger charge is 2.11. The van der Waals surface area contributed by atoms with Crippen LogP contribution in [0.15, 0.2) is 46.1 Å². The Bertz CT molecular complexity index is 759. The predicted octanol–water partition coefficient (Wildman–Crippen LogP) is 0.758. The Balaban J connectivity index is 2.02. The number of nitrogens with zero attached hydrogens (tertiary/aromatic N) is 2. The van der Waals surface area contributed by atoms with Gasteiger partial charge in [-0.2, -0.15) is 0 Å². The van der Waals surface area contributed by atoms with Crippen LogP contribution in [0, 0.1) is 0 Å². The smallest absolute Gasteiger partial charge is 0.328 e. The van der Waals surface area contributed by atoms with E-state index in [2.05, 4.69) is 11.9 Å². The second-order valence-corrected chi connectivity index (χ2v) is 5.16. The van der Waals surface area contributed by atoms with Gasteiger partial charge >= 0.3 is 5.69 Å². The van der Waals surface area contributed by atoms with E-state index >= 15 is 0 Å². The molecule has 116 valence electrons. The zero-order chi connectivity index (χ0) is 16.1. The van der Waals surface area contributed by atoms with Gasteiger partial charge in [-0.05, 0) is 17.5 Å². The molecule has 0 saturated heterocycles. The molecule has 0 fully saturated rings. The van der Waals surface area contributed by atoms with Gasteiger partial charge in [0.15, 0.2) is 0 Å². The molecule has 1 N–H and O–H groups in total. The van der Waals surface area contributed by atoms with Gasteiger partial charge < -0.3 is 4.90 Å². The van der Waals surface area contributed by atoms with Crippen molar-refractivity contribution < 1.29 is 4.79 Å². The highest BCUT2D eigenvalue weighted by atomic mass is 16.2. The predicted molar refractivity (Wildman–Crippen MR) is 83.6 cm³/mol. The van der Waals surface area contributed by atoms with Gasteiger partial charge in [-0.1, -0.05) is 31.2 Å². The largest absolute Gasteiger partial charge is 0.340 e. The van der Waals surface area contributed by atoms with Crippen molar-refractivity contribution in [1.82, 2.24) is 14.5 Å². The average Bonchev–Trinajstić information content (AvgIpc) is 2.50. The van der Waals surface area contributed by atoms with E-state index in [9.17, 15) is 14.4 Å². The molecular formula is C16H19N3O3. The molecule has 0 saturated carbocycles. The van der Waals surface area contributed by atoms with Crippen LogP contribution in [0.5, 0.6) is 0 Å². The van der Waals surface area contributed by atoms with E-state index in [4.69, 9.17) is 0 Å². The number of carbonyl (C=O) groups is 1. The lowest BCUT2D eigenvalue weighted by atomic mass is 10.1. The molecule has 2 aromatic rings. The number of hydrogen-bond donors (Lipinski definition) is 1. The normalized spacial score (nSPS) is 10.5. The standard InChI is InChI=1S/C16H19N3O3/c1-3-12-4-6-13(7-5-12)10-18(2)15(21)11-19-9-8-14(20)17-16(19)22/h4-9H,3,10-11H2,1-2H3,(H,17,20,22).